The minimum Gasteiger partial charge on any atom is -0.300 e. The number of rotatable bonds is 1. The van der Waals surface area contributed by atoms with Crippen molar-refractivity contribution in [3.05, 3.63) is 35.9 Å². The molecule has 0 spiro atoms. The molecule has 0 amide bonds. The van der Waals surface area contributed by atoms with Gasteiger partial charge in [-0.1, -0.05) is 30.3 Å². The molecule has 1 saturated carbocycles. The molecule has 1 aliphatic rings. The Morgan fingerprint density at radius 3 is 2.57 bits per heavy atom. The van der Waals surface area contributed by atoms with Gasteiger partial charge in [-0.15, -0.1) is 0 Å². The van der Waals surface area contributed by atoms with Crippen LogP contribution in [0.1, 0.15) is 43.6 Å². The van der Waals surface area contributed by atoms with Crippen LogP contribution in [0.15, 0.2) is 30.3 Å². The highest BCUT2D eigenvalue weighted by Gasteiger charge is 2.17. The lowest BCUT2D eigenvalue weighted by Crippen LogP contribution is -1.97. The average Bonchev–Trinajstić information content (AvgIpc) is 2.44. The standard InChI is InChI=1S/C13H16O/c14-13-8-4-7-12(9-10-13)11-5-2-1-3-6-11/h1-3,5-6,12H,4,7-10H2/t12-/m1/s1. The topological polar surface area (TPSA) is 17.1 Å². The van der Waals surface area contributed by atoms with Crippen molar-refractivity contribution in [2.45, 2.75) is 38.0 Å². The van der Waals surface area contributed by atoms with E-state index in [1.807, 2.05) is 6.07 Å². The van der Waals surface area contributed by atoms with Crippen molar-refractivity contribution >= 4 is 5.78 Å². The van der Waals surface area contributed by atoms with Crippen molar-refractivity contribution < 1.29 is 4.79 Å². The normalized spacial score (nSPS) is 23.1. The third-order valence-electron chi connectivity index (χ3n) is 3.05. The first-order chi connectivity index (χ1) is 6.86. The molecule has 1 heteroatoms. The van der Waals surface area contributed by atoms with Crippen LogP contribution in [-0.2, 0) is 4.79 Å². The van der Waals surface area contributed by atoms with Gasteiger partial charge in [-0.25, -0.2) is 0 Å². The van der Waals surface area contributed by atoms with E-state index < -0.39 is 0 Å². The van der Waals surface area contributed by atoms with E-state index >= 15 is 0 Å². The Balaban J connectivity index is 2.08. The van der Waals surface area contributed by atoms with Crippen molar-refractivity contribution in [2.24, 2.45) is 0 Å². The second kappa shape index (κ2) is 4.41. The van der Waals surface area contributed by atoms with Crippen molar-refractivity contribution in [2.75, 3.05) is 0 Å². The SMILES string of the molecule is O=C1CCC[C@@H](c2ccccc2)CC1. The highest BCUT2D eigenvalue weighted by molar-refractivity contribution is 5.78. The van der Waals surface area contributed by atoms with E-state index in [-0.39, 0.29) is 0 Å². The zero-order chi connectivity index (χ0) is 9.80. The summed E-state index contributed by atoms with van der Waals surface area (Å²) in [5.41, 5.74) is 1.40. The molecule has 2 rings (SSSR count). The fourth-order valence-electron chi connectivity index (χ4n) is 2.21. The minimum absolute atomic E-state index is 0.448. The smallest absolute Gasteiger partial charge is 0.132 e. The molecule has 74 valence electrons. The maximum absolute atomic E-state index is 11.3. The maximum atomic E-state index is 11.3. The first kappa shape index (κ1) is 9.45. The third-order valence-corrected chi connectivity index (χ3v) is 3.05. The van der Waals surface area contributed by atoms with Gasteiger partial charge in [-0.2, -0.15) is 0 Å². The first-order valence-corrected chi connectivity index (χ1v) is 5.43. The molecular formula is C13H16O. The molecule has 0 heterocycles. The van der Waals surface area contributed by atoms with Crippen molar-refractivity contribution in [1.82, 2.24) is 0 Å². The Kier molecular flexibility index (Phi) is 2.97. The molecule has 1 nitrogen and oxygen atoms in total. The molecule has 1 aromatic rings. The van der Waals surface area contributed by atoms with Crippen molar-refractivity contribution in [3.63, 3.8) is 0 Å². The lowest BCUT2D eigenvalue weighted by atomic mass is 9.92. The Labute approximate surface area is 85.1 Å². The molecule has 0 saturated heterocycles. The van der Waals surface area contributed by atoms with Crippen molar-refractivity contribution in [1.29, 1.82) is 0 Å². The molecule has 1 aliphatic carbocycles. The molecule has 0 bridgehead atoms. The van der Waals surface area contributed by atoms with E-state index in [4.69, 9.17) is 0 Å². The van der Waals surface area contributed by atoms with Gasteiger partial charge in [0.05, 0.1) is 0 Å². The van der Waals surface area contributed by atoms with E-state index in [0.717, 1.165) is 25.7 Å². The Morgan fingerprint density at radius 1 is 1.00 bits per heavy atom. The van der Waals surface area contributed by atoms with Gasteiger partial charge in [0.25, 0.3) is 0 Å². The summed E-state index contributed by atoms with van der Waals surface area (Å²) in [6.45, 7) is 0. The number of Topliss-reactive ketones (excluding diaryl/α,β-unsaturated/α-hetero) is 1. The predicted octanol–water partition coefficient (Wildman–Crippen LogP) is 3.30. The molecule has 0 aromatic heterocycles. The summed E-state index contributed by atoms with van der Waals surface area (Å²) in [4.78, 5) is 11.3. The Bertz CT molecular complexity index is 302. The molecule has 0 aliphatic heterocycles. The van der Waals surface area contributed by atoms with Crippen LogP contribution in [-0.4, -0.2) is 5.78 Å². The number of benzene rings is 1. The highest BCUT2D eigenvalue weighted by atomic mass is 16.1. The first-order valence-electron chi connectivity index (χ1n) is 5.43. The molecule has 14 heavy (non-hydrogen) atoms. The summed E-state index contributed by atoms with van der Waals surface area (Å²) in [5, 5.41) is 0. The average molecular weight is 188 g/mol. The van der Waals surface area contributed by atoms with Gasteiger partial charge in [0.2, 0.25) is 0 Å². The quantitative estimate of drug-likeness (QED) is 0.618. The molecule has 0 radical (unpaired) electrons. The number of hydrogen-bond donors (Lipinski definition) is 0. The third kappa shape index (κ3) is 2.22. The van der Waals surface area contributed by atoms with Gasteiger partial charge in [-0.3, -0.25) is 4.79 Å². The van der Waals surface area contributed by atoms with E-state index in [1.54, 1.807) is 0 Å². The number of hydrogen-bond acceptors (Lipinski definition) is 1. The fourth-order valence-corrected chi connectivity index (χ4v) is 2.21. The van der Waals surface area contributed by atoms with Gasteiger partial charge in [0.15, 0.2) is 0 Å². The van der Waals surface area contributed by atoms with E-state index in [9.17, 15) is 4.79 Å². The van der Waals surface area contributed by atoms with E-state index in [1.165, 1.54) is 12.0 Å². The number of ketones is 1. The fraction of sp³-hybridized carbons (Fsp3) is 0.462. The van der Waals surface area contributed by atoms with Gasteiger partial charge in [0.1, 0.15) is 5.78 Å². The number of carbonyl (C=O) groups is 1. The van der Waals surface area contributed by atoms with Crippen LogP contribution < -0.4 is 0 Å². The summed E-state index contributed by atoms with van der Waals surface area (Å²) in [6, 6.07) is 10.6. The highest BCUT2D eigenvalue weighted by Crippen LogP contribution is 2.29. The number of carbonyl (C=O) groups excluding carboxylic acids is 1. The second-order valence-corrected chi connectivity index (χ2v) is 4.08. The Morgan fingerprint density at radius 2 is 1.79 bits per heavy atom. The zero-order valence-electron chi connectivity index (χ0n) is 8.41. The van der Waals surface area contributed by atoms with Crippen LogP contribution in [0.3, 0.4) is 0 Å². The molecule has 1 atom stereocenters. The maximum Gasteiger partial charge on any atom is 0.132 e. The zero-order valence-corrected chi connectivity index (χ0v) is 8.41. The van der Waals surface area contributed by atoms with Crippen LogP contribution >= 0.6 is 0 Å². The lowest BCUT2D eigenvalue weighted by Gasteiger charge is -2.13. The molecule has 1 aromatic carbocycles. The van der Waals surface area contributed by atoms with Crippen molar-refractivity contribution in [3.8, 4) is 0 Å². The van der Waals surface area contributed by atoms with Crippen LogP contribution in [0.2, 0.25) is 0 Å². The molecule has 1 fully saturated rings. The summed E-state index contributed by atoms with van der Waals surface area (Å²) < 4.78 is 0. The summed E-state index contributed by atoms with van der Waals surface area (Å²) in [6.07, 6.45) is 4.86. The van der Waals surface area contributed by atoms with E-state index in [0.29, 0.717) is 11.7 Å². The van der Waals surface area contributed by atoms with Crippen LogP contribution in [0.25, 0.3) is 0 Å². The Hall–Kier alpha value is -1.11. The van der Waals surface area contributed by atoms with Gasteiger partial charge < -0.3 is 0 Å². The van der Waals surface area contributed by atoms with Crippen LogP contribution in [0, 0.1) is 0 Å². The minimum atomic E-state index is 0.448. The summed E-state index contributed by atoms with van der Waals surface area (Å²) in [5.74, 6) is 1.06. The largest absolute Gasteiger partial charge is 0.300 e. The molecule has 0 unspecified atom stereocenters. The van der Waals surface area contributed by atoms with Gasteiger partial charge in [-0.05, 0) is 30.7 Å². The monoisotopic (exact) mass is 188 g/mol. The molecule has 0 N–H and O–H groups in total. The predicted molar refractivity (Wildman–Crippen MR) is 57.3 cm³/mol. The van der Waals surface area contributed by atoms with Gasteiger partial charge in [0, 0.05) is 12.8 Å². The van der Waals surface area contributed by atoms with Crippen LogP contribution in [0.5, 0.6) is 0 Å². The second-order valence-electron chi connectivity index (χ2n) is 4.08. The van der Waals surface area contributed by atoms with E-state index in [2.05, 4.69) is 24.3 Å². The van der Waals surface area contributed by atoms with Crippen LogP contribution in [0.4, 0.5) is 0 Å². The molecular weight excluding hydrogens is 172 g/mol. The van der Waals surface area contributed by atoms with Gasteiger partial charge >= 0.3 is 0 Å². The summed E-state index contributed by atoms with van der Waals surface area (Å²) >= 11 is 0. The lowest BCUT2D eigenvalue weighted by molar-refractivity contribution is -0.118. The summed E-state index contributed by atoms with van der Waals surface area (Å²) in [7, 11) is 0.